The fourth-order valence-corrected chi connectivity index (χ4v) is 3.87. The van der Waals surface area contributed by atoms with Crippen molar-refractivity contribution in [2.24, 2.45) is 0 Å². The SMILES string of the molecule is CN(C)c1ccc(C#C/C(C#Cc2ccc([N+](=O)[O-])cc2)=C(/C#Cc2ccc(N(C)C)cc2)C#Cc2ccc([N+](=O)[O-])cc2)cc1. The molecule has 0 spiro atoms. The van der Waals surface area contributed by atoms with E-state index >= 15 is 0 Å². The van der Waals surface area contributed by atoms with E-state index in [0.29, 0.717) is 22.3 Å². The van der Waals surface area contributed by atoms with Crippen molar-refractivity contribution in [3.05, 3.63) is 151 Å². The van der Waals surface area contributed by atoms with Crippen LogP contribution in [-0.2, 0) is 0 Å². The van der Waals surface area contributed by atoms with Crippen LogP contribution in [0.5, 0.6) is 0 Å². The number of rotatable bonds is 4. The van der Waals surface area contributed by atoms with Crippen LogP contribution in [0, 0.1) is 67.6 Å². The van der Waals surface area contributed by atoms with Gasteiger partial charge in [-0.2, -0.15) is 0 Å². The summed E-state index contributed by atoms with van der Waals surface area (Å²) in [7, 11) is 7.83. The van der Waals surface area contributed by atoms with Crippen molar-refractivity contribution in [1.82, 2.24) is 0 Å². The Hall–Kier alpha value is -6.74. The molecule has 4 aromatic rings. The third-order valence-corrected chi connectivity index (χ3v) is 6.50. The Morgan fingerprint density at radius 2 is 0.696 bits per heavy atom. The molecule has 4 aromatic carbocycles. The number of hydrogen-bond acceptors (Lipinski definition) is 6. The summed E-state index contributed by atoms with van der Waals surface area (Å²) < 4.78 is 0. The minimum absolute atomic E-state index is 0.0388. The van der Waals surface area contributed by atoms with Crippen LogP contribution in [0.2, 0.25) is 0 Å². The van der Waals surface area contributed by atoms with Gasteiger partial charge in [-0.3, -0.25) is 20.2 Å². The van der Waals surface area contributed by atoms with Gasteiger partial charge in [0, 0.05) is 86.1 Å². The predicted octanol–water partition coefficient (Wildman–Crippen LogP) is 6.44. The fourth-order valence-electron chi connectivity index (χ4n) is 3.87. The number of nitro groups is 2. The van der Waals surface area contributed by atoms with Crippen LogP contribution in [-0.4, -0.2) is 38.0 Å². The topological polar surface area (TPSA) is 92.8 Å². The van der Waals surface area contributed by atoms with Gasteiger partial charge in [-0.25, -0.2) is 0 Å². The van der Waals surface area contributed by atoms with Crippen molar-refractivity contribution in [2.45, 2.75) is 0 Å². The van der Waals surface area contributed by atoms with E-state index in [1.807, 2.05) is 86.5 Å². The van der Waals surface area contributed by atoms with Gasteiger partial charge in [-0.1, -0.05) is 47.4 Å². The van der Waals surface area contributed by atoms with Crippen molar-refractivity contribution in [3.63, 3.8) is 0 Å². The number of allylic oxidation sites excluding steroid dienone is 2. The molecule has 0 aliphatic carbocycles. The van der Waals surface area contributed by atoms with E-state index in [-0.39, 0.29) is 11.4 Å². The number of nitro benzene ring substituents is 2. The smallest absolute Gasteiger partial charge is 0.269 e. The first-order valence-corrected chi connectivity index (χ1v) is 13.9. The normalized spacial score (nSPS) is 10.2. The van der Waals surface area contributed by atoms with E-state index in [9.17, 15) is 20.2 Å². The Labute approximate surface area is 268 Å². The number of benzene rings is 4. The second kappa shape index (κ2) is 15.1. The standard InChI is InChI=1S/C38H28N4O4/c1-39(2)35-21-9-29(10-22-35)5-17-33(19-7-31-13-25-37(26-14-31)41(43)44)34(18-6-30-11-23-36(24-12-30)40(3)4)20-8-32-15-27-38(28-16-32)42(45)46/h9-16,21-28H,1-4H3/b34-33+. The minimum atomic E-state index is -0.470. The molecule has 0 radical (unpaired) electrons. The zero-order chi connectivity index (χ0) is 33.1. The van der Waals surface area contributed by atoms with Crippen LogP contribution < -0.4 is 9.80 Å². The van der Waals surface area contributed by atoms with E-state index in [4.69, 9.17) is 0 Å². The molecule has 0 unspecified atom stereocenters. The summed E-state index contributed by atoms with van der Waals surface area (Å²) >= 11 is 0. The number of anilines is 2. The Balaban J connectivity index is 1.87. The highest BCUT2D eigenvalue weighted by atomic mass is 16.6. The molecule has 0 aliphatic rings. The van der Waals surface area contributed by atoms with Gasteiger partial charge in [-0.15, -0.1) is 0 Å². The molecule has 0 bridgehead atoms. The van der Waals surface area contributed by atoms with Gasteiger partial charge >= 0.3 is 0 Å². The van der Waals surface area contributed by atoms with Gasteiger partial charge in [0.15, 0.2) is 0 Å². The first-order chi connectivity index (χ1) is 22.1. The lowest BCUT2D eigenvalue weighted by Crippen LogP contribution is -2.07. The summed E-state index contributed by atoms with van der Waals surface area (Å²) in [6, 6.07) is 27.3. The lowest BCUT2D eigenvalue weighted by molar-refractivity contribution is -0.385. The van der Waals surface area contributed by atoms with Gasteiger partial charge in [0.25, 0.3) is 11.4 Å². The Morgan fingerprint density at radius 1 is 0.457 bits per heavy atom. The monoisotopic (exact) mass is 604 g/mol. The van der Waals surface area contributed by atoms with Crippen molar-refractivity contribution >= 4 is 22.7 Å². The average molecular weight is 605 g/mol. The summed E-state index contributed by atoms with van der Waals surface area (Å²) in [5.41, 5.74) is 5.30. The van der Waals surface area contributed by atoms with Gasteiger partial charge in [-0.05, 0) is 72.8 Å². The number of non-ortho nitro benzene ring substituents is 2. The van der Waals surface area contributed by atoms with E-state index in [1.165, 1.54) is 24.3 Å². The van der Waals surface area contributed by atoms with E-state index in [1.54, 1.807) is 24.3 Å². The van der Waals surface area contributed by atoms with Crippen LogP contribution in [0.1, 0.15) is 22.3 Å². The van der Waals surface area contributed by atoms with Crippen LogP contribution in [0.3, 0.4) is 0 Å². The molecule has 0 saturated heterocycles. The van der Waals surface area contributed by atoms with Crippen molar-refractivity contribution < 1.29 is 9.85 Å². The molecule has 0 fully saturated rings. The van der Waals surface area contributed by atoms with Gasteiger partial charge in [0.2, 0.25) is 0 Å². The third kappa shape index (κ3) is 9.13. The second-order valence-electron chi connectivity index (χ2n) is 10.2. The van der Waals surface area contributed by atoms with Gasteiger partial charge in [0.1, 0.15) is 0 Å². The Morgan fingerprint density at radius 3 is 0.913 bits per heavy atom. The molecular weight excluding hydrogens is 576 g/mol. The van der Waals surface area contributed by atoms with E-state index in [0.717, 1.165) is 22.5 Å². The lowest BCUT2D eigenvalue weighted by Gasteiger charge is -2.11. The molecule has 224 valence electrons. The molecule has 0 aliphatic heterocycles. The summed E-state index contributed by atoms with van der Waals surface area (Å²) in [5, 5.41) is 22.2. The first kappa shape index (κ1) is 32.2. The number of nitrogens with zero attached hydrogens (tertiary/aromatic N) is 4. The van der Waals surface area contributed by atoms with Crippen LogP contribution in [0.25, 0.3) is 0 Å². The maximum absolute atomic E-state index is 11.1. The van der Waals surface area contributed by atoms with E-state index < -0.39 is 9.85 Å². The number of hydrogen-bond donors (Lipinski definition) is 0. The maximum atomic E-state index is 11.1. The molecule has 0 aromatic heterocycles. The average Bonchev–Trinajstić information content (AvgIpc) is 3.06. The summed E-state index contributed by atoms with van der Waals surface area (Å²) in [6.45, 7) is 0. The molecule has 0 saturated carbocycles. The van der Waals surface area contributed by atoms with Crippen molar-refractivity contribution in [2.75, 3.05) is 38.0 Å². The molecule has 0 N–H and O–H groups in total. The van der Waals surface area contributed by atoms with Crippen molar-refractivity contribution in [1.29, 1.82) is 0 Å². The maximum Gasteiger partial charge on any atom is 0.269 e. The summed E-state index contributed by atoms with van der Waals surface area (Å²) in [6.07, 6.45) is 0. The largest absolute Gasteiger partial charge is 0.378 e. The lowest BCUT2D eigenvalue weighted by atomic mass is 10.1. The fraction of sp³-hybridized carbons (Fsp3) is 0.105. The quantitative estimate of drug-likeness (QED) is 0.151. The zero-order valence-electron chi connectivity index (χ0n) is 25.7. The van der Waals surface area contributed by atoms with Crippen LogP contribution in [0.15, 0.2) is 108 Å². The van der Waals surface area contributed by atoms with Gasteiger partial charge in [0.05, 0.1) is 21.0 Å². The summed E-state index contributed by atoms with van der Waals surface area (Å²) in [4.78, 5) is 25.2. The molecule has 4 rings (SSSR count). The predicted molar refractivity (Wildman–Crippen MR) is 182 cm³/mol. The molecule has 8 heteroatoms. The van der Waals surface area contributed by atoms with Crippen LogP contribution >= 0.6 is 0 Å². The first-order valence-electron chi connectivity index (χ1n) is 13.9. The Bertz CT molecular complexity index is 1880. The molecule has 46 heavy (non-hydrogen) atoms. The van der Waals surface area contributed by atoms with Crippen LogP contribution in [0.4, 0.5) is 22.7 Å². The summed E-state index contributed by atoms with van der Waals surface area (Å²) in [5.74, 6) is 24.8. The molecule has 8 nitrogen and oxygen atoms in total. The third-order valence-electron chi connectivity index (χ3n) is 6.50. The highest BCUT2D eigenvalue weighted by Gasteiger charge is 2.05. The Kier molecular flexibility index (Phi) is 10.6. The minimum Gasteiger partial charge on any atom is -0.378 e. The van der Waals surface area contributed by atoms with Gasteiger partial charge < -0.3 is 9.80 Å². The zero-order valence-corrected chi connectivity index (χ0v) is 25.7. The van der Waals surface area contributed by atoms with Crippen molar-refractivity contribution in [3.8, 4) is 47.4 Å². The molecular formula is C38H28N4O4. The molecule has 0 atom stereocenters. The van der Waals surface area contributed by atoms with E-state index in [2.05, 4.69) is 47.4 Å². The molecule has 0 amide bonds. The molecule has 0 heterocycles. The highest BCUT2D eigenvalue weighted by Crippen LogP contribution is 2.15. The second-order valence-corrected chi connectivity index (χ2v) is 10.2. The highest BCUT2D eigenvalue weighted by molar-refractivity contribution is 5.65.